The third kappa shape index (κ3) is 1.74. The summed E-state index contributed by atoms with van der Waals surface area (Å²) in [4.78, 5) is 6.93. The summed E-state index contributed by atoms with van der Waals surface area (Å²) in [6.45, 7) is 5.81. The maximum Gasteiger partial charge on any atom is 0.162 e. The van der Waals surface area contributed by atoms with Gasteiger partial charge in [-0.1, -0.05) is 0 Å². The minimum absolute atomic E-state index is 0.599. The van der Waals surface area contributed by atoms with Crippen LogP contribution >= 0.6 is 15.9 Å². The molecule has 1 saturated heterocycles. The van der Waals surface area contributed by atoms with Gasteiger partial charge in [0.05, 0.1) is 6.20 Å². The van der Waals surface area contributed by atoms with E-state index in [1.165, 1.54) is 0 Å². The highest BCUT2D eigenvalue weighted by molar-refractivity contribution is 9.10. The number of anilines is 2. The van der Waals surface area contributed by atoms with Crippen LogP contribution in [0.5, 0.6) is 0 Å². The van der Waals surface area contributed by atoms with Crippen LogP contribution in [0.25, 0.3) is 5.65 Å². The van der Waals surface area contributed by atoms with Crippen LogP contribution in [0.4, 0.5) is 11.6 Å². The van der Waals surface area contributed by atoms with Gasteiger partial charge in [0.2, 0.25) is 0 Å². The van der Waals surface area contributed by atoms with Gasteiger partial charge in [-0.25, -0.2) is 4.98 Å². The van der Waals surface area contributed by atoms with Crippen LogP contribution < -0.4 is 16.0 Å². The van der Waals surface area contributed by atoms with Gasteiger partial charge < -0.3 is 16.0 Å². The lowest BCUT2D eigenvalue weighted by Crippen LogP contribution is -2.44. The van der Waals surface area contributed by atoms with Crippen LogP contribution in [-0.2, 0) is 0 Å². The van der Waals surface area contributed by atoms with Gasteiger partial charge in [0, 0.05) is 31.7 Å². The second-order valence-corrected chi connectivity index (χ2v) is 5.23. The highest BCUT2D eigenvalue weighted by Gasteiger charge is 2.19. The first-order valence-electron chi connectivity index (χ1n) is 5.93. The number of nitrogens with two attached hydrogens (primary N) is 1. The summed E-state index contributed by atoms with van der Waals surface area (Å²) in [5, 5.41) is 7.56. The Morgan fingerprint density at radius 1 is 1.39 bits per heavy atom. The molecule has 0 aliphatic carbocycles. The van der Waals surface area contributed by atoms with Crippen molar-refractivity contribution < 1.29 is 0 Å². The summed E-state index contributed by atoms with van der Waals surface area (Å²) >= 11 is 3.54. The summed E-state index contributed by atoms with van der Waals surface area (Å²) in [7, 11) is 0. The molecule has 3 heterocycles. The van der Waals surface area contributed by atoms with E-state index in [0.717, 1.165) is 47.7 Å². The molecule has 1 aliphatic rings. The molecular formula is C11H15BrN6. The van der Waals surface area contributed by atoms with Crippen molar-refractivity contribution in [3.63, 3.8) is 0 Å². The molecule has 96 valence electrons. The van der Waals surface area contributed by atoms with E-state index in [-0.39, 0.29) is 0 Å². The first kappa shape index (κ1) is 11.7. The number of hydrogen-bond donors (Lipinski definition) is 2. The predicted octanol–water partition coefficient (Wildman–Crippen LogP) is 0.792. The first-order chi connectivity index (χ1) is 8.68. The predicted molar refractivity (Wildman–Crippen MR) is 74.9 cm³/mol. The third-order valence-corrected chi connectivity index (χ3v) is 3.96. The maximum absolute atomic E-state index is 6.11. The molecule has 3 N–H and O–H groups in total. The number of piperazine rings is 1. The van der Waals surface area contributed by atoms with Crippen LogP contribution in [0.1, 0.15) is 5.56 Å². The number of aryl methyl sites for hydroxylation is 1. The van der Waals surface area contributed by atoms with E-state index in [1.54, 1.807) is 10.7 Å². The van der Waals surface area contributed by atoms with Gasteiger partial charge in [-0.05, 0) is 22.9 Å². The van der Waals surface area contributed by atoms with Crippen LogP contribution in [0, 0.1) is 6.92 Å². The lowest BCUT2D eigenvalue weighted by molar-refractivity contribution is 0.584. The Hall–Kier alpha value is -1.34. The van der Waals surface area contributed by atoms with Crippen molar-refractivity contribution in [1.82, 2.24) is 19.9 Å². The normalized spacial score (nSPS) is 16.4. The van der Waals surface area contributed by atoms with E-state index >= 15 is 0 Å². The van der Waals surface area contributed by atoms with Gasteiger partial charge in [0.15, 0.2) is 5.65 Å². The Kier molecular flexibility index (Phi) is 2.87. The second kappa shape index (κ2) is 4.40. The molecule has 1 fully saturated rings. The number of nitrogen functional groups attached to an aromatic ring is 1. The van der Waals surface area contributed by atoms with E-state index in [2.05, 4.69) is 31.2 Å². The molecule has 1 aliphatic heterocycles. The average molecular weight is 311 g/mol. The largest absolute Gasteiger partial charge is 0.383 e. The summed E-state index contributed by atoms with van der Waals surface area (Å²) in [6, 6.07) is 0. The molecule has 0 atom stereocenters. The standard InChI is InChI=1S/C11H15BrN6/c1-7-6-15-18-9(13)8(12)11(16-10(7)18)17-4-2-14-3-5-17/h6,14H,2-5,13H2,1H3. The first-order valence-corrected chi connectivity index (χ1v) is 6.73. The van der Waals surface area contributed by atoms with Crippen molar-refractivity contribution in [2.45, 2.75) is 6.92 Å². The van der Waals surface area contributed by atoms with E-state index < -0.39 is 0 Å². The molecule has 2 aromatic rings. The number of halogens is 1. The van der Waals surface area contributed by atoms with Crippen molar-refractivity contribution >= 4 is 33.2 Å². The summed E-state index contributed by atoms with van der Waals surface area (Å²) in [5.41, 5.74) is 7.97. The zero-order valence-electron chi connectivity index (χ0n) is 10.1. The van der Waals surface area contributed by atoms with Gasteiger partial charge in [0.1, 0.15) is 16.1 Å². The number of nitrogens with zero attached hydrogens (tertiary/aromatic N) is 4. The maximum atomic E-state index is 6.11. The second-order valence-electron chi connectivity index (χ2n) is 4.43. The van der Waals surface area contributed by atoms with Gasteiger partial charge in [-0.2, -0.15) is 9.61 Å². The molecule has 0 amide bonds. The minimum atomic E-state index is 0.599. The molecule has 0 bridgehead atoms. The molecule has 0 aromatic carbocycles. The van der Waals surface area contributed by atoms with Gasteiger partial charge in [-0.15, -0.1) is 0 Å². The van der Waals surface area contributed by atoms with Crippen LogP contribution in [-0.4, -0.2) is 40.8 Å². The lowest BCUT2D eigenvalue weighted by atomic mass is 10.3. The van der Waals surface area contributed by atoms with E-state index in [9.17, 15) is 0 Å². The van der Waals surface area contributed by atoms with Crippen molar-refractivity contribution in [3.8, 4) is 0 Å². The van der Waals surface area contributed by atoms with Crippen LogP contribution in [0.3, 0.4) is 0 Å². The van der Waals surface area contributed by atoms with Crippen molar-refractivity contribution in [3.05, 3.63) is 16.2 Å². The van der Waals surface area contributed by atoms with Crippen LogP contribution in [0.15, 0.2) is 10.7 Å². The van der Waals surface area contributed by atoms with Gasteiger partial charge in [0.25, 0.3) is 0 Å². The Labute approximate surface area is 113 Å². The molecule has 0 saturated carbocycles. The van der Waals surface area contributed by atoms with E-state index in [1.807, 2.05) is 6.92 Å². The molecule has 0 unspecified atom stereocenters. The SMILES string of the molecule is Cc1cnn2c(N)c(Br)c(N3CCNCC3)nc12. The van der Waals surface area contributed by atoms with Gasteiger partial charge >= 0.3 is 0 Å². The Balaban J connectivity index is 2.15. The molecule has 6 nitrogen and oxygen atoms in total. The topological polar surface area (TPSA) is 71.5 Å². The fraction of sp³-hybridized carbons (Fsp3) is 0.455. The zero-order chi connectivity index (χ0) is 12.7. The number of nitrogens with one attached hydrogen (secondary N) is 1. The highest BCUT2D eigenvalue weighted by atomic mass is 79.9. The highest BCUT2D eigenvalue weighted by Crippen LogP contribution is 2.31. The fourth-order valence-corrected chi connectivity index (χ4v) is 2.69. The molecule has 0 spiro atoms. The smallest absolute Gasteiger partial charge is 0.162 e. The Bertz CT molecular complexity index is 587. The number of hydrogen-bond acceptors (Lipinski definition) is 5. The van der Waals surface area contributed by atoms with Crippen molar-refractivity contribution in [2.24, 2.45) is 0 Å². The van der Waals surface area contributed by atoms with Crippen molar-refractivity contribution in [1.29, 1.82) is 0 Å². The Morgan fingerprint density at radius 3 is 2.83 bits per heavy atom. The van der Waals surface area contributed by atoms with Crippen LogP contribution in [0.2, 0.25) is 0 Å². The quantitative estimate of drug-likeness (QED) is 0.815. The molecule has 3 rings (SSSR count). The molecule has 0 radical (unpaired) electrons. The summed E-state index contributed by atoms with van der Waals surface area (Å²) in [6.07, 6.45) is 1.78. The monoisotopic (exact) mass is 310 g/mol. The van der Waals surface area contributed by atoms with E-state index in [0.29, 0.717) is 5.82 Å². The summed E-state index contributed by atoms with van der Waals surface area (Å²) < 4.78 is 2.49. The van der Waals surface area contributed by atoms with E-state index in [4.69, 9.17) is 10.7 Å². The van der Waals surface area contributed by atoms with Gasteiger partial charge in [-0.3, -0.25) is 0 Å². The number of fused-ring (bicyclic) bond motifs is 1. The third-order valence-electron chi connectivity index (χ3n) is 3.20. The molecule has 18 heavy (non-hydrogen) atoms. The lowest BCUT2D eigenvalue weighted by Gasteiger charge is -2.29. The molecule has 7 heteroatoms. The zero-order valence-corrected chi connectivity index (χ0v) is 11.7. The molecule has 2 aromatic heterocycles. The summed E-state index contributed by atoms with van der Waals surface area (Å²) in [5.74, 6) is 1.51. The average Bonchev–Trinajstić information content (AvgIpc) is 2.77. The fourth-order valence-electron chi connectivity index (χ4n) is 2.18. The molecular weight excluding hydrogens is 296 g/mol. The number of aromatic nitrogens is 3. The van der Waals surface area contributed by atoms with Crippen molar-refractivity contribution in [2.75, 3.05) is 36.8 Å². The Morgan fingerprint density at radius 2 is 2.11 bits per heavy atom. The number of rotatable bonds is 1. The minimum Gasteiger partial charge on any atom is -0.383 e.